The van der Waals surface area contributed by atoms with E-state index in [4.69, 9.17) is 5.73 Å². The largest absolute Gasteiger partial charge is 0.389 e. The van der Waals surface area contributed by atoms with Crippen molar-refractivity contribution in [2.24, 2.45) is 11.7 Å². The number of carbonyl (C=O) groups excluding carboxylic acids is 1. The second-order valence-corrected chi connectivity index (χ2v) is 5.96. The first kappa shape index (κ1) is 14.8. The smallest absolute Gasteiger partial charge is 0.225 e. The standard InChI is InChI=1S/C14H27N3O2/c1-2-16-7-9-17(10-8-16)13(18)12-3-5-14(19,11-15)6-4-12/h12,19H,2-11,15H2,1H3. The summed E-state index contributed by atoms with van der Waals surface area (Å²) in [6.45, 7) is 7.21. The van der Waals surface area contributed by atoms with Crippen LogP contribution in [0.1, 0.15) is 32.6 Å². The Bertz CT molecular complexity index is 306. The van der Waals surface area contributed by atoms with Crippen molar-refractivity contribution in [3.63, 3.8) is 0 Å². The minimum absolute atomic E-state index is 0.0972. The molecule has 2 rings (SSSR count). The summed E-state index contributed by atoms with van der Waals surface area (Å²) in [5.41, 5.74) is 4.86. The third-order valence-corrected chi connectivity index (χ3v) is 4.78. The van der Waals surface area contributed by atoms with Crippen LogP contribution in [0.5, 0.6) is 0 Å². The van der Waals surface area contributed by atoms with E-state index in [1.165, 1.54) is 0 Å². The number of aliphatic hydroxyl groups is 1. The summed E-state index contributed by atoms with van der Waals surface area (Å²) in [5.74, 6) is 0.384. The van der Waals surface area contributed by atoms with Crippen LogP contribution in [0, 0.1) is 5.92 Å². The zero-order valence-corrected chi connectivity index (χ0v) is 12.0. The molecule has 19 heavy (non-hydrogen) atoms. The minimum atomic E-state index is -0.725. The monoisotopic (exact) mass is 269 g/mol. The lowest BCUT2D eigenvalue weighted by Crippen LogP contribution is -2.51. The number of likely N-dealkylation sites (N-methyl/N-ethyl adjacent to an activating group) is 1. The zero-order chi connectivity index (χ0) is 13.9. The highest BCUT2D eigenvalue weighted by molar-refractivity contribution is 5.79. The maximum absolute atomic E-state index is 12.4. The molecule has 5 heteroatoms. The van der Waals surface area contributed by atoms with E-state index in [-0.39, 0.29) is 11.8 Å². The Hall–Kier alpha value is -0.650. The molecule has 2 aliphatic rings. The van der Waals surface area contributed by atoms with E-state index in [1.54, 1.807) is 0 Å². The summed E-state index contributed by atoms with van der Waals surface area (Å²) >= 11 is 0. The molecular formula is C14H27N3O2. The van der Waals surface area contributed by atoms with Crippen molar-refractivity contribution in [1.82, 2.24) is 9.80 Å². The average Bonchev–Trinajstić information content (AvgIpc) is 2.47. The quantitative estimate of drug-likeness (QED) is 0.758. The van der Waals surface area contributed by atoms with Crippen LogP contribution in [-0.2, 0) is 4.79 Å². The van der Waals surface area contributed by atoms with Crippen LogP contribution >= 0.6 is 0 Å². The molecular weight excluding hydrogens is 242 g/mol. The number of nitrogens with two attached hydrogens (primary N) is 1. The van der Waals surface area contributed by atoms with Crippen LogP contribution < -0.4 is 5.73 Å². The number of piperazine rings is 1. The number of rotatable bonds is 3. The van der Waals surface area contributed by atoms with Crippen LogP contribution in [0.2, 0.25) is 0 Å². The Morgan fingerprint density at radius 1 is 1.26 bits per heavy atom. The normalized spacial score (nSPS) is 33.4. The van der Waals surface area contributed by atoms with Crippen molar-refractivity contribution in [2.45, 2.75) is 38.2 Å². The maximum Gasteiger partial charge on any atom is 0.225 e. The van der Waals surface area contributed by atoms with Gasteiger partial charge in [0.05, 0.1) is 5.60 Å². The SMILES string of the molecule is CCN1CCN(C(=O)C2CCC(O)(CN)CC2)CC1. The average molecular weight is 269 g/mol. The molecule has 3 N–H and O–H groups in total. The third kappa shape index (κ3) is 3.46. The number of nitrogens with zero attached hydrogens (tertiary/aromatic N) is 2. The Labute approximate surface area is 115 Å². The molecule has 1 aliphatic carbocycles. The van der Waals surface area contributed by atoms with Gasteiger partial charge in [-0.1, -0.05) is 6.92 Å². The predicted molar refractivity (Wildman–Crippen MR) is 74.7 cm³/mol. The van der Waals surface area contributed by atoms with Gasteiger partial charge in [0.15, 0.2) is 0 Å². The minimum Gasteiger partial charge on any atom is -0.389 e. The lowest BCUT2D eigenvalue weighted by molar-refractivity contribution is -0.140. The van der Waals surface area contributed by atoms with Crippen LogP contribution in [0.4, 0.5) is 0 Å². The van der Waals surface area contributed by atoms with Crippen LogP contribution in [0.15, 0.2) is 0 Å². The van der Waals surface area contributed by atoms with E-state index in [0.717, 1.165) is 45.6 Å². The fraction of sp³-hybridized carbons (Fsp3) is 0.929. The van der Waals surface area contributed by atoms with Gasteiger partial charge in [0.1, 0.15) is 0 Å². The fourth-order valence-corrected chi connectivity index (χ4v) is 3.15. The van der Waals surface area contributed by atoms with Gasteiger partial charge in [-0.15, -0.1) is 0 Å². The van der Waals surface area contributed by atoms with Gasteiger partial charge in [-0.05, 0) is 32.2 Å². The van der Waals surface area contributed by atoms with Crippen molar-refractivity contribution in [2.75, 3.05) is 39.3 Å². The van der Waals surface area contributed by atoms with Crippen LogP contribution in [0.25, 0.3) is 0 Å². The second kappa shape index (κ2) is 6.20. The Balaban J connectivity index is 1.82. The Kier molecular flexibility index (Phi) is 4.81. The molecule has 0 bridgehead atoms. The van der Waals surface area contributed by atoms with Gasteiger partial charge >= 0.3 is 0 Å². The molecule has 0 spiro atoms. The van der Waals surface area contributed by atoms with Crippen LogP contribution in [-0.4, -0.2) is 65.7 Å². The molecule has 0 aromatic rings. The lowest BCUT2D eigenvalue weighted by Gasteiger charge is -2.39. The van der Waals surface area contributed by atoms with Gasteiger partial charge in [-0.2, -0.15) is 0 Å². The summed E-state index contributed by atoms with van der Waals surface area (Å²) in [6, 6.07) is 0. The van der Waals surface area contributed by atoms with Crippen molar-refractivity contribution in [3.05, 3.63) is 0 Å². The van der Waals surface area contributed by atoms with Gasteiger partial charge in [-0.3, -0.25) is 4.79 Å². The van der Waals surface area contributed by atoms with E-state index in [2.05, 4.69) is 11.8 Å². The number of carbonyl (C=O) groups is 1. The van der Waals surface area contributed by atoms with Gasteiger partial charge < -0.3 is 20.6 Å². The van der Waals surface area contributed by atoms with Crippen molar-refractivity contribution >= 4 is 5.91 Å². The van der Waals surface area contributed by atoms with Gasteiger partial charge in [0.25, 0.3) is 0 Å². The maximum atomic E-state index is 12.4. The molecule has 0 radical (unpaired) electrons. The van der Waals surface area contributed by atoms with Gasteiger partial charge in [0, 0.05) is 38.6 Å². The fourth-order valence-electron chi connectivity index (χ4n) is 3.15. The summed E-state index contributed by atoms with van der Waals surface area (Å²) in [6.07, 6.45) is 2.88. The first-order chi connectivity index (χ1) is 9.08. The first-order valence-corrected chi connectivity index (χ1v) is 7.51. The van der Waals surface area contributed by atoms with Crippen molar-refractivity contribution < 1.29 is 9.90 Å². The van der Waals surface area contributed by atoms with E-state index >= 15 is 0 Å². The molecule has 1 saturated carbocycles. The molecule has 5 nitrogen and oxygen atoms in total. The lowest BCUT2D eigenvalue weighted by atomic mass is 9.78. The van der Waals surface area contributed by atoms with Crippen molar-refractivity contribution in [1.29, 1.82) is 0 Å². The van der Waals surface area contributed by atoms with E-state index < -0.39 is 5.60 Å². The predicted octanol–water partition coefficient (Wildman–Crippen LogP) is 0.0305. The molecule has 1 aliphatic heterocycles. The molecule has 1 amide bonds. The van der Waals surface area contributed by atoms with Gasteiger partial charge in [0.2, 0.25) is 5.91 Å². The second-order valence-electron chi connectivity index (χ2n) is 5.96. The van der Waals surface area contributed by atoms with Crippen LogP contribution in [0.3, 0.4) is 0 Å². The number of hydrogen-bond donors (Lipinski definition) is 2. The first-order valence-electron chi connectivity index (χ1n) is 7.51. The van der Waals surface area contributed by atoms with Crippen molar-refractivity contribution in [3.8, 4) is 0 Å². The molecule has 2 fully saturated rings. The molecule has 1 heterocycles. The highest BCUT2D eigenvalue weighted by atomic mass is 16.3. The summed E-state index contributed by atoms with van der Waals surface area (Å²) < 4.78 is 0. The zero-order valence-electron chi connectivity index (χ0n) is 12.0. The number of amides is 1. The Morgan fingerprint density at radius 3 is 2.32 bits per heavy atom. The summed E-state index contributed by atoms with van der Waals surface area (Å²) in [4.78, 5) is 16.8. The highest BCUT2D eigenvalue weighted by Gasteiger charge is 2.36. The van der Waals surface area contributed by atoms with E-state index in [0.29, 0.717) is 19.4 Å². The van der Waals surface area contributed by atoms with Gasteiger partial charge in [-0.25, -0.2) is 0 Å². The topological polar surface area (TPSA) is 69.8 Å². The summed E-state index contributed by atoms with van der Waals surface area (Å²) in [7, 11) is 0. The molecule has 0 atom stereocenters. The summed E-state index contributed by atoms with van der Waals surface area (Å²) in [5, 5.41) is 10.1. The van der Waals surface area contributed by atoms with E-state index in [1.807, 2.05) is 4.90 Å². The van der Waals surface area contributed by atoms with E-state index in [9.17, 15) is 9.90 Å². The highest BCUT2D eigenvalue weighted by Crippen LogP contribution is 2.32. The Morgan fingerprint density at radius 2 is 1.84 bits per heavy atom. The molecule has 110 valence electrons. The third-order valence-electron chi connectivity index (χ3n) is 4.78. The molecule has 0 aromatic carbocycles. The molecule has 0 unspecified atom stereocenters. The number of hydrogen-bond acceptors (Lipinski definition) is 4. The molecule has 0 aromatic heterocycles. The molecule has 1 saturated heterocycles.